The second-order valence-corrected chi connectivity index (χ2v) is 4.59. The molecule has 0 N–H and O–H groups in total. The quantitative estimate of drug-likeness (QED) is 0.432. The van der Waals surface area contributed by atoms with E-state index in [1.807, 2.05) is 29.2 Å². The molecule has 2 aromatic heterocycles. The van der Waals surface area contributed by atoms with E-state index < -0.39 is 0 Å². The van der Waals surface area contributed by atoms with Gasteiger partial charge in [0.25, 0.3) is 0 Å². The third kappa shape index (κ3) is 5.04. The van der Waals surface area contributed by atoms with Crippen molar-refractivity contribution in [3.05, 3.63) is 54.2 Å². The SMILES string of the molecule is S=C([S-])N(Cc1ccncc1)Cc1ccco1.[K+]. The standard InChI is InChI=1S/C12H12N2OS2.K/c16-12(17)14(9-11-2-1-7-15-11)8-10-3-5-13-6-4-10;/h1-7H,8-9H2,(H,16,17);/q;+1/p-1. The van der Waals surface area contributed by atoms with Crippen LogP contribution in [0.2, 0.25) is 0 Å². The first-order valence-corrected chi connectivity index (χ1v) is 5.94. The zero-order valence-corrected chi connectivity index (χ0v) is 14.8. The van der Waals surface area contributed by atoms with Crippen LogP contribution in [0.5, 0.6) is 0 Å². The Balaban J connectivity index is 0.00000162. The van der Waals surface area contributed by atoms with Gasteiger partial charge in [-0.1, -0.05) is 4.32 Å². The normalized spacial score (nSPS) is 9.56. The van der Waals surface area contributed by atoms with Gasteiger partial charge >= 0.3 is 51.4 Å². The molecule has 0 aliphatic carbocycles. The summed E-state index contributed by atoms with van der Waals surface area (Å²) in [5.74, 6) is 0.853. The van der Waals surface area contributed by atoms with Gasteiger partial charge in [-0.2, -0.15) is 0 Å². The van der Waals surface area contributed by atoms with Crippen LogP contribution in [-0.4, -0.2) is 14.2 Å². The van der Waals surface area contributed by atoms with Crippen molar-refractivity contribution in [1.29, 1.82) is 0 Å². The number of rotatable bonds is 4. The predicted octanol–water partition coefficient (Wildman–Crippen LogP) is -0.487. The van der Waals surface area contributed by atoms with E-state index >= 15 is 0 Å². The van der Waals surface area contributed by atoms with E-state index in [-0.39, 0.29) is 51.4 Å². The second-order valence-electron chi connectivity index (χ2n) is 3.56. The zero-order valence-electron chi connectivity index (χ0n) is 10.1. The molecule has 0 spiro atoms. The molecule has 0 fully saturated rings. The number of hydrogen-bond acceptors (Lipinski definition) is 4. The number of nitrogens with zero attached hydrogens (tertiary/aromatic N) is 2. The molecule has 0 atom stereocenters. The molecule has 3 nitrogen and oxygen atoms in total. The van der Waals surface area contributed by atoms with Crippen molar-refractivity contribution in [2.45, 2.75) is 13.1 Å². The average molecular weight is 302 g/mol. The van der Waals surface area contributed by atoms with Crippen LogP contribution in [0.3, 0.4) is 0 Å². The first-order chi connectivity index (χ1) is 8.25. The van der Waals surface area contributed by atoms with Crippen LogP contribution in [-0.2, 0) is 25.7 Å². The van der Waals surface area contributed by atoms with Crippen molar-refractivity contribution >= 4 is 29.2 Å². The summed E-state index contributed by atoms with van der Waals surface area (Å²) in [4.78, 5) is 5.89. The second kappa shape index (κ2) is 8.37. The molecule has 0 saturated heterocycles. The minimum Gasteiger partial charge on any atom is -0.467 e. The summed E-state index contributed by atoms with van der Waals surface area (Å²) < 4.78 is 5.73. The molecule has 0 amide bonds. The van der Waals surface area contributed by atoms with Gasteiger partial charge in [0, 0.05) is 18.9 Å². The van der Waals surface area contributed by atoms with Crippen molar-refractivity contribution in [3.63, 3.8) is 0 Å². The molecule has 0 unspecified atom stereocenters. The third-order valence-electron chi connectivity index (χ3n) is 2.31. The molecule has 0 bridgehead atoms. The number of aromatic nitrogens is 1. The number of pyridine rings is 1. The molecule has 18 heavy (non-hydrogen) atoms. The maximum absolute atomic E-state index is 5.29. The van der Waals surface area contributed by atoms with Crippen LogP contribution in [0.15, 0.2) is 47.3 Å². The van der Waals surface area contributed by atoms with Crippen LogP contribution in [0.4, 0.5) is 0 Å². The summed E-state index contributed by atoms with van der Waals surface area (Å²) in [6, 6.07) is 7.66. The minimum absolute atomic E-state index is 0. The topological polar surface area (TPSA) is 29.3 Å². The average Bonchev–Trinajstić information content (AvgIpc) is 2.82. The van der Waals surface area contributed by atoms with E-state index in [1.165, 1.54) is 0 Å². The molecule has 2 rings (SSSR count). The van der Waals surface area contributed by atoms with E-state index in [9.17, 15) is 0 Å². The third-order valence-corrected chi connectivity index (χ3v) is 2.82. The van der Waals surface area contributed by atoms with E-state index in [2.05, 4.69) is 4.98 Å². The number of furan rings is 1. The van der Waals surface area contributed by atoms with Crippen LogP contribution in [0.25, 0.3) is 0 Å². The van der Waals surface area contributed by atoms with Gasteiger partial charge in [0.15, 0.2) is 0 Å². The van der Waals surface area contributed by atoms with Gasteiger partial charge in [-0.15, -0.1) is 0 Å². The largest absolute Gasteiger partial charge is 1.00 e. The zero-order chi connectivity index (χ0) is 12.1. The Hall–Kier alpha value is 0.176. The van der Waals surface area contributed by atoms with Gasteiger partial charge in [0.1, 0.15) is 5.76 Å². The van der Waals surface area contributed by atoms with Gasteiger partial charge < -0.3 is 34.2 Å². The van der Waals surface area contributed by atoms with Gasteiger partial charge in [0.05, 0.1) is 12.8 Å². The Kier molecular flexibility index (Phi) is 7.55. The molecule has 88 valence electrons. The van der Waals surface area contributed by atoms with Crippen molar-refractivity contribution in [2.24, 2.45) is 0 Å². The van der Waals surface area contributed by atoms with E-state index in [0.717, 1.165) is 11.3 Å². The maximum atomic E-state index is 5.29. The molecular weight excluding hydrogens is 291 g/mol. The Morgan fingerprint density at radius 2 is 2.00 bits per heavy atom. The molecule has 0 aliphatic rings. The first-order valence-electron chi connectivity index (χ1n) is 5.13. The molecule has 0 radical (unpaired) electrons. The van der Waals surface area contributed by atoms with Crippen molar-refractivity contribution in [1.82, 2.24) is 9.88 Å². The summed E-state index contributed by atoms with van der Waals surface area (Å²) in [5, 5.41) is 0. The van der Waals surface area contributed by atoms with E-state index in [1.54, 1.807) is 18.7 Å². The molecule has 0 aromatic carbocycles. The summed E-state index contributed by atoms with van der Waals surface area (Å²) in [6.45, 7) is 1.27. The van der Waals surface area contributed by atoms with Crippen LogP contribution >= 0.6 is 12.2 Å². The summed E-state index contributed by atoms with van der Waals surface area (Å²) >= 11 is 10.1. The Morgan fingerprint density at radius 1 is 1.28 bits per heavy atom. The maximum Gasteiger partial charge on any atom is 1.00 e. The Labute approximate surface area is 160 Å². The minimum atomic E-state index is 0. The fourth-order valence-corrected chi connectivity index (χ4v) is 1.74. The van der Waals surface area contributed by atoms with Crippen molar-refractivity contribution in [2.75, 3.05) is 0 Å². The number of hydrogen-bond donors (Lipinski definition) is 0. The van der Waals surface area contributed by atoms with Crippen LogP contribution in [0.1, 0.15) is 11.3 Å². The monoisotopic (exact) mass is 302 g/mol. The molecule has 0 aliphatic heterocycles. The van der Waals surface area contributed by atoms with Crippen LogP contribution in [0, 0.1) is 0 Å². The van der Waals surface area contributed by atoms with E-state index in [0.29, 0.717) is 17.4 Å². The van der Waals surface area contributed by atoms with Gasteiger partial charge in [0.2, 0.25) is 0 Å². The fraction of sp³-hybridized carbons (Fsp3) is 0.167. The smallest absolute Gasteiger partial charge is 0.467 e. The molecule has 2 aromatic rings. The van der Waals surface area contributed by atoms with E-state index in [4.69, 9.17) is 29.3 Å². The molecule has 0 saturated carbocycles. The molecular formula is C12H11KN2OS2. The van der Waals surface area contributed by atoms with Gasteiger partial charge in [-0.3, -0.25) is 4.98 Å². The van der Waals surface area contributed by atoms with Crippen molar-refractivity contribution in [3.8, 4) is 0 Å². The van der Waals surface area contributed by atoms with Gasteiger partial charge in [-0.05, 0) is 29.8 Å². The van der Waals surface area contributed by atoms with Gasteiger partial charge in [-0.25, -0.2) is 0 Å². The van der Waals surface area contributed by atoms with Crippen molar-refractivity contribution < 1.29 is 55.8 Å². The van der Waals surface area contributed by atoms with Crippen LogP contribution < -0.4 is 51.4 Å². The first kappa shape index (κ1) is 16.2. The number of thiocarbonyl (C=S) groups is 1. The molecule has 6 heteroatoms. The Bertz CT molecular complexity index is 476. The summed E-state index contributed by atoms with van der Waals surface area (Å²) in [6.07, 6.45) is 5.16. The summed E-state index contributed by atoms with van der Waals surface area (Å²) in [5.41, 5.74) is 1.12. The summed E-state index contributed by atoms with van der Waals surface area (Å²) in [7, 11) is 0. The predicted molar refractivity (Wildman–Crippen MR) is 72.2 cm³/mol. The fourth-order valence-electron chi connectivity index (χ4n) is 1.48. The molecule has 2 heterocycles. The Morgan fingerprint density at radius 3 is 2.56 bits per heavy atom.